The Morgan fingerprint density at radius 3 is 2.56 bits per heavy atom. The van der Waals surface area contributed by atoms with E-state index in [4.69, 9.17) is 0 Å². The van der Waals surface area contributed by atoms with Gasteiger partial charge in [-0.15, -0.1) is 0 Å². The van der Waals surface area contributed by atoms with E-state index in [1.54, 1.807) is 0 Å². The maximum atomic E-state index is 13.5. The van der Waals surface area contributed by atoms with Gasteiger partial charge in [-0.2, -0.15) is 5.10 Å². The van der Waals surface area contributed by atoms with Gasteiger partial charge in [-0.05, 0) is 52.0 Å². The predicted molar refractivity (Wildman–Crippen MR) is 100 cm³/mol. The van der Waals surface area contributed by atoms with Crippen LogP contribution in [0.4, 0.5) is 0 Å². The Labute approximate surface area is 152 Å². The standard InChI is InChI=1S/C20H34N4O/c1-14(2)13-23-11-7-6-9-18(23)20(25)24-12-8-10-17(24)19-15(3)21-22(5)16(19)4/h14,17-18H,6-13H2,1-5H3/t17-,18+/m1/s1. The minimum Gasteiger partial charge on any atom is -0.334 e. The summed E-state index contributed by atoms with van der Waals surface area (Å²) in [6.07, 6.45) is 5.58. The van der Waals surface area contributed by atoms with Gasteiger partial charge in [0, 0.05) is 31.4 Å². The van der Waals surface area contributed by atoms with Gasteiger partial charge < -0.3 is 4.90 Å². The SMILES string of the molecule is Cc1nn(C)c(C)c1[C@H]1CCCN1C(=O)[C@@H]1CCCCN1CC(C)C. The number of rotatable bonds is 4. The minimum absolute atomic E-state index is 0.0778. The lowest BCUT2D eigenvalue weighted by Crippen LogP contribution is -2.51. The van der Waals surface area contributed by atoms with Crippen molar-refractivity contribution in [1.29, 1.82) is 0 Å². The summed E-state index contributed by atoms with van der Waals surface area (Å²) in [6.45, 7) is 11.7. The van der Waals surface area contributed by atoms with E-state index in [-0.39, 0.29) is 12.1 Å². The van der Waals surface area contributed by atoms with Crippen molar-refractivity contribution in [2.24, 2.45) is 13.0 Å². The summed E-state index contributed by atoms with van der Waals surface area (Å²) in [5.74, 6) is 0.955. The molecule has 2 atom stereocenters. The number of nitrogens with zero attached hydrogens (tertiary/aromatic N) is 4. The lowest BCUT2D eigenvalue weighted by atomic mass is 9.97. The largest absolute Gasteiger partial charge is 0.334 e. The Kier molecular flexibility index (Phi) is 5.52. The van der Waals surface area contributed by atoms with Crippen LogP contribution in [0, 0.1) is 19.8 Å². The van der Waals surface area contributed by atoms with Crippen LogP contribution in [0.2, 0.25) is 0 Å². The van der Waals surface area contributed by atoms with E-state index in [1.807, 2.05) is 11.7 Å². The van der Waals surface area contributed by atoms with E-state index in [2.05, 4.69) is 42.6 Å². The highest BCUT2D eigenvalue weighted by Crippen LogP contribution is 2.37. The molecule has 0 unspecified atom stereocenters. The number of amides is 1. The summed E-state index contributed by atoms with van der Waals surface area (Å²) >= 11 is 0. The molecule has 2 aliphatic rings. The molecule has 5 nitrogen and oxygen atoms in total. The molecule has 5 heteroatoms. The molecule has 0 radical (unpaired) electrons. The summed E-state index contributed by atoms with van der Waals surface area (Å²) in [5, 5.41) is 4.58. The first kappa shape index (κ1) is 18.4. The molecule has 0 saturated carbocycles. The second-order valence-electron chi connectivity index (χ2n) is 8.30. The van der Waals surface area contributed by atoms with Crippen LogP contribution in [0.15, 0.2) is 0 Å². The number of hydrogen-bond acceptors (Lipinski definition) is 3. The first-order valence-corrected chi connectivity index (χ1v) is 9.94. The topological polar surface area (TPSA) is 41.4 Å². The quantitative estimate of drug-likeness (QED) is 0.841. The third kappa shape index (κ3) is 3.62. The summed E-state index contributed by atoms with van der Waals surface area (Å²) in [4.78, 5) is 18.1. The van der Waals surface area contributed by atoms with Gasteiger partial charge in [0.25, 0.3) is 0 Å². The second-order valence-corrected chi connectivity index (χ2v) is 8.30. The van der Waals surface area contributed by atoms with Crippen molar-refractivity contribution in [1.82, 2.24) is 19.6 Å². The van der Waals surface area contributed by atoms with Crippen molar-refractivity contribution in [2.45, 2.75) is 71.9 Å². The van der Waals surface area contributed by atoms with Crippen molar-refractivity contribution in [3.63, 3.8) is 0 Å². The summed E-state index contributed by atoms with van der Waals surface area (Å²) in [6, 6.07) is 0.290. The van der Waals surface area contributed by atoms with Crippen LogP contribution in [0.1, 0.15) is 68.9 Å². The highest BCUT2D eigenvalue weighted by molar-refractivity contribution is 5.82. The van der Waals surface area contributed by atoms with Gasteiger partial charge in [-0.25, -0.2) is 0 Å². The number of piperidine rings is 1. The molecule has 2 saturated heterocycles. The van der Waals surface area contributed by atoms with Crippen LogP contribution in [-0.2, 0) is 11.8 Å². The molecule has 3 rings (SSSR count). The first-order valence-electron chi connectivity index (χ1n) is 9.94. The van der Waals surface area contributed by atoms with E-state index < -0.39 is 0 Å². The molecule has 140 valence electrons. The highest BCUT2D eigenvalue weighted by Gasteiger charge is 2.39. The number of aromatic nitrogens is 2. The Morgan fingerprint density at radius 1 is 1.16 bits per heavy atom. The molecule has 1 aromatic heterocycles. The molecular weight excluding hydrogens is 312 g/mol. The zero-order valence-electron chi connectivity index (χ0n) is 16.6. The fraction of sp³-hybridized carbons (Fsp3) is 0.800. The molecule has 0 aliphatic carbocycles. The predicted octanol–water partition coefficient (Wildman–Crippen LogP) is 3.21. The van der Waals surface area contributed by atoms with E-state index in [0.717, 1.165) is 44.6 Å². The van der Waals surface area contributed by atoms with Crippen LogP contribution < -0.4 is 0 Å². The fourth-order valence-electron chi connectivity index (χ4n) is 4.75. The molecule has 0 N–H and O–H groups in total. The third-order valence-electron chi connectivity index (χ3n) is 5.93. The van der Waals surface area contributed by atoms with Crippen molar-refractivity contribution >= 4 is 5.91 Å². The van der Waals surface area contributed by atoms with Gasteiger partial charge in [-0.3, -0.25) is 14.4 Å². The maximum absolute atomic E-state index is 13.5. The monoisotopic (exact) mass is 346 g/mol. The molecule has 25 heavy (non-hydrogen) atoms. The normalized spacial score (nSPS) is 25.1. The molecule has 1 aromatic rings. The van der Waals surface area contributed by atoms with Gasteiger partial charge >= 0.3 is 0 Å². The van der Waals surface area contributed by atoms with Gasteiger partial charge in [-0.1, -0.05) is 20.3 Å². The summed E-state index contributed by atoms with van der Waals surface area (Å²) in [5.41, 5.74) is 3.55. The molecule has 2 aliphatic heterocycles. The molecule has 3 heterocycles. The van der Waals surface area contributed by atoms with Gasteiger partial charge in [0.05, 0.1) is 17.8 Å². The zero-order valence-corrected chi connectivity index (χ0v) is 16.6. The lowest BCUT2D eigenvalue weighted by Gasteiger charge is -2.39. The first-order chi connectivity index (χ1) is 11.9. The van der Waals surface area contributed by atoms with Crippen molar-refractivity contribution in [3.8, 4) is 0 Å². The van der Waals surface area contributed by atoms with E-state index in [1.165, 1.54) is 24.1 Å². The Hall–Kier alpha value is -1.36. The molecule has 2 fully saturated rings. The number of carbonyl (C=O) groups excluding carboxylic acids is 1. The molecule has 0 bridgehead atoms. The molecule has 0 aromatic carbocycles. The Balaban J connectivity index is 1.82. The highest BCUT2D eigenvalue weighted by atomic mass is 16.2. The van der Waals surface area contributed by atoms with Crippen LogP contribution in [-0.4, -0.2) is 51.2 Å². The molecule has 1 amide bonds. The zero-order chi connectivity index (χ0) is 18.1. The van der Waals surface area contributed by atoms with Crippen LogP contribution in [0.5, 0.6) is 0 Å². The Morgan fingerprint density at radius 2 is 1.92 bits per heavy atom. The third-order valence-corrected chi connectivity index (χ3v) is 5.93. The van der Waals surface area contributed by atoms with Gasteiger partial charge in [0.2, 0.25) is 5.91 Å². The summed E-state index contributed by atoms with van der Waals surface area (Å²) < 4.78 is 1.96. The minimum atomic E-state index is 0.0778. The number of hydrogen-bond donors (Lipinski definition) is 0. The lowest BCUT2D eigenvalue weighted by molar-refractivity contribution is -0.139. The fourth-order valence-corrected chi connectivity index (χ4v) is 4.75. The van der Waals surface area contributed by atoms with Crippen LogP contribution in [0.3, 0.4) is 0 Å². The van der Waals surface area contributed by atoms with Crippen molar-refractivity contribution < 1.29 is 4.79 Å². The average molecular weight is 347 g/mol. The molecular formula is C20H34N4O. The Bertz CT molecular complexity index is 621. The van der Waals surface area contributed by atoms with Crippen molar-refractivity contribution in [3.05, 3.63) is 17.0 Å². The van der Waals surface area contributed by atoms with E-state index in [0.29, 0.717) is 11.8 Å². The second kappa shape index (κ2) is 7.48. The van der Waals surface area contributed by atoms with Crippen LogP contribution >= 0.6 is 0 Å². The smallest absolute Gasteiger partial charge is 0.240 e. The average Bonchev–Trinajstić information content (AvgIpc) is 3.12. The van der Waals surface area contributed by atoms with Crippen LogP contribution in [0.25, 0.3) is 0 Å². The van der Waals surface area contributed by atoms with Gasteiger partial charge in [0.15, 0.2) is 0 Å². The number of carbonyl (C=O) groups is 1. The van der Waals surface area contributed by atoms with E-state index in [9.17, 15) is 4.79 Å². The van der Waals surface area contributed by atoms with Crippen molar-refractivity contribution in [2.75, 3.05) is 19.6 Å². The van der Waals surface area contributed by atoms with E-state index >= 15 is 0 Å². The molecule has 0 spiro atoms. The summed E-state index contributed by atoms with van der Waals surface area (Å²) in [7, 11) is 2.00. The maximum Gasteiger partial charge on any atom is 0.240 e. The number of likely N-dealkylation sites (tertiary alicyclic amines) is 2. The number of aryl methyl sites for hydroxylation is 2. The van der Waals surface area contributed by atoms with Gasteiger partial charge in [0.1, 0.15) is 0 Å².